The maximum absolute atomic E-state index is 12.3. The number of ether oxygens (including phenoxy) is 2. The summed E-state index contributed by atoms with van der Waals surface area (Å²) in [4.78, 5) is 25.2. The second kappa shape index (κ2) is 12.3. The zero-order valence-corrected chi connectivity index (χ0v) is 16.6. The van der Waals surface area contributed by atoms with E-state index >= 15 is 0 Å². The predicted octanol–water partition coefficient (Wildman–Crippen LogP) is 2.50. The van der Waals surface area contributed by atoms with Crippen molar-refractivity contribution in [2.45, 2.75) is 50.7 Å². The molecule has 1 aliphatic heterocycles. The van der Waals surface area contributed by atoms with Crippen molar-refractivity contribution in [3.8, 4) is 0 Å². The highest BCUT2D eigenvalue weighted by atomic mass is 16.6. The minimum Gasteiger partial charge on any atom is -0.467 e. The topological polar surface area (TPSA) is 76.1 Å². The Kier molecular flexibility index (Phi) is 9.72. The van der Waals surface area contributed by atoms with Gasteiger partial charge in [0.1, 0.15) is 6.61 Å². The first-order valence-corrected chi connectivity index (χ1v) is 9.94. The van der Waals surface area contributed by atoms with Crippen LogP contribution in [0.15, 0.2) is 42.5 Å². The van der Waals surface area contributed by atoms with Gasteiger partial charge in [-0.1, -0.05) is 42.5 Å². The van der Waals surface area contributed by atoms with E-state index in [1.165, 1.54) is 7.11 Å². The van der Waals surface area contributed by atoms with Gasteiger partial charge in [0.15, 0.2) is 0 Å². The molecule has 1 fully saturated rings. The maximum Gasteiger partial charge on any atom is 0.331 e. The summed E-state index contributed by atoms with van der Waals surface area (Å²) < 4.78 is 9.76. The van der Waals surface area contributed by atoms with Gasteiger partial charge < -0.3 is 19.5 Å². The summed E-state index contributed by atoms with van der Waals surface area (Å²) in [6.07, 6.45) is 7.73. The smallest absolute Gasteiger partial charge is 0.331 e. The van der Waals surface area contributed by atoms with Gasteiger partial charge in [-0.25, -0.2) is 4.79 Å². The van der Waals surface area contributed by atoms with Crippen LogP contribution in [0.3, 0.4) is 0 Å². The number of hydrogen-bond acceptors (Lipinski definition) is 5. The number of piperidine rings is 1. The van der Waals surface area contributed by atoms with Crippen molar-refractivity contribution < 1.29 is 24.2 Å². The minimum atomic E-state index is -0.562. The molecule has 1 heterocycles. The Bertz CT molecular complexity index is 631. The quantitative estimate of drug-likeness (QED) is 0.357. The fourth-order valence-corrected chi connectivity index (χ4v) is 3.32. The third-order valence-corrected chi connectivity index (χ3v) is 4.84. The van der Waals surface area contributed by atoms with Gasteiger partial charge in [0.2, 0.25) is 5.91 Å². The highest BCUT2D eigenvalue weighted by molar-refractivity contribution is 5.77. The summed E-state index contributed by atoms with van der Waals surface area (Å²) in [5, 5.41) is 10.3. The lowest BCUT2D eigenvalue weighted by Gasteiger charge is -2.34. The molecule has 1 aromatic rings. The third-order valence-electron chi connectivity index (χ3n) is 4.84. The van der Waals surface area contributed by atoms with Gasteiger partial charge in [-0.15, -0.1) is 0 Å². The highest BCUT2D eigenvalue weighted by Crippen LogP contribution is 2.20. The van der Waals surface area contributed by atoms with Crippen LogP contribution in [0.2, 0.25) is 0 Å². The second-order valence-corrected chi connectivity index (χ2v) is 7.02. The molecule has 0 bridgehead atoms. The number of aliphatic hydroxyl groups is 1. The summed E-state index contributed by atoms with van der Waals surface area (Å²) in [7, 11) is 1.33. The number of nitrogens with zero attached hydrogens (tertiary/aromatic N) is 1. The van der Waals surface area contributed by atoms with Crippen LogP contribution in [0.4, 0.5) is 0 Å². The molecule has 154 valence electrons. The first-order chi connectivity index (χ1) is 13.6. The number of likely N-dealkylation sites (tertiary alicyclic amines) is 1. The molecule has 1 aliphatic rings. The number of unbranched alkanes of at least 4 members (excludes halogenated alkanes) is 1. The molecule has 0 aliphatic carbocycles. The van der Waals surface area contributed by atoms with E-state index in [-0.39, 0.29) is 24.5 Å². The van der Waals surface area contributed by atoms with Crippen molar-refractivity contribution in [3.63, 3.8) is 0 Å². The number of esters is 1. The fourth-order valence-electron chi connectivity index (χ4n) is 3.32. The lowest BCUT2D eigenvalue weighted by molar-refractivity contribution is -0.145. The van der Waals surface area contributed by atoms with E-state index in [1.807, 2.05) is 47.4 Å². The lowest BCUT2D eigenvalue weighted by Crippen LogP contribution is -2.43. The maximum atomic E-state index is 12.3. The van der Waals surface area contributed by atoms with E-state index in [0.29, 0.717) is 26.0 Å². The first-order valence-electron chi connectivity index (χ1n) is 9.94. The van der Waals surface area contributed by atoms with Gasteiger partial charge in [-0.2, -0.15) is 0 Å². The van der Waals surface area contributed by atoms with E-state index in [0.717, 1.165) is 31.2 Å². The highest BCUT2D eigenvalue weighted by Gasteiger charge is 2.25. The average Bonchev–Trinajstić information content (AvgIpc) is 2.70. The molecule has 1 aromatic carbocycles. The molecule has 6 nitrogen and oxygen atoms in total. The van der Waals surface area contributed by atoms with E-state index < -0.39 is 6.10 Å². The van der Waals surface area contributed by atoms with Crippen LogP contribution in [-0.2, 0) is 25.5 Å². The number of carbonyl (C=O) groups is 2. The molecule has 1 N–H and O–H groups in total. The summed E-state index contributed by atoms with van der Waals surface area (Å²) in [5.74, 6) is -0.223. The summed E-state index contributed by atoms with van der Waals surface area (Å²) >= 11 is 0. The predicted molar refractivity (Wildman–Crippen MR) is 107 cm³/mol. The summed E-state index contributed by atoms with van der Waals surface area (Å²) in [5.41, 5.74) is 1.09. The Balaban J connectivity index is 1.77. The lowest BCUT2D eigenvalue weighted by atomic mass is 9.99. The van der Waals surface area contributed by atoms with E-state index in [4.69, 9.17) is 4.74 Å². The van der Waals surface area contributed by atoms with E-state index in [1.54, 1.807) is 0 Å². The molecule has 0 aromatic heterocycles. The second-order valence-electron chi connectivity index (χ2n) is 7.02. The summed E-state index contributed by atoms with van der Waals surface area (Å²) in [6, 6.07) is 9.90. The molecule has 2 rings (SSSR count). The van der Waals surface area contributed by atoms with Crippen molar-refractivity contribution in [2.75, 3.05) is 26.9 Å². The zero-order chi connectivity index (χ0) is 20.2. The molecule has 1 amide bonds. The van der Waals surface area contributed by atoms with Crippen LogP contribution in [0, 0.1) is 0 Å². The van der Waals surface area contributed by atoms with E-state index in [2.05, 4.69) is 4.74 Å². The number of methoxy groups -OCH3 is 1. The monoisotopic (exact) mass is 389 g/mol. The molecule has 2 unspecified atom stereocenters. The number of rotatable bonds is 11. The molecular formula is C22H31NO5. The van der Waals surface area contributed by atoms with Gasteiger partial charge in [-0.3, -0.25) is 4.79 Å². The third kappa shape index (κ3) is 7.82. The standard InChI is InChI=1S/C22H31NO5/c1-27-22(26)17-28-15-6-5-14-23-19(10-7-11-21(23)25)12-13-20(24)16-18-8-3-2-4-9-18/h2-4,8-9,12-13,19-20,24H,5-7,10-11,14-17H2,1H3. The zero-order valence-electron chi connectivity index (χ0n) is 16.6. The van der Waals surface area contributed by atoms with Gasteiger partial charge in [0.05, 0.1) is 19.3 Å². The van der Waals surface area contributed by atoms with Gasteiger partial charge in [0, 0.05) is 26.0 Å². The Morgan fingerprint density at radius 2 is 2.11 bits per heavy atom. The van der Waals surface area contributed by atoms with Gasteiger partial charge in [0.25, 0.3) is 0 Å². The number of aliphatic hydroxyl groups excluding tert-OH is 1. The molecule has 0 saturated carbocycles. The van der Waals surface area contributed by atoms with Crippen LogP contribution in [-0.4, -0.2) is 60.9 Å². The molecule has 6 heteroatoms. The molecule has 0 spiro atoms. The molecule has 28 heavy (non-hydrogen) atoms. The number of carbonyl (C=O) groups excluding carboxylic acids is 2. The molecule has 1 saturated heterocycles. The SMILES string of the molecule is COC(=O)COCCCCN1C(=O)CCCC1C=CC(O)Cc1ccccc1. The largest absolute Gasteiger partial charge is 0.467 e. The minimum absolute atomic E-state index is 0.0302. The molecular weight excluding hydrogens is 358 g/mol. The van der Waals surface area contributed by atoms with Crippen molar-refractivity contribution in [2.24, 2.45) is 0 Å². The van der Waals surface area contributed by atoms with Gasteiger partial charge in [-0.05, 0) is 31.2 Å². The Labute approximate surface area is 167 Å². The van der Waals surface area contributed by atoms with Crippen LogP contribution in [0.5, 0.6) is 0 Å². The van der Waals surface area contributed by atoms with Crippen molar-refractivity contribution in [1.29, 1.82) is 0 Å². The van der Waals surface area contributed by atoms with Crippen LogP contribution >= 0.6 is 0 Å². The molecule has 0 radical (unpaired) electrons. The average molecular weight is 389 g/mol. The van der Waals surface area contributed by atoms with E-state index in [9.17, 15) is 14.7 Å². The van der Waals surface area contributed by atoms with Crippen molar-refractivity contribution >= 4 is 11.9 Å². The Morgan fingerprint density at radius 1 is 1.32 bits per heavy atom. The normalized spacial score (nSPS) is 18.4. The van der Waals surface area contributed by atoms with Crippen LogP contribution < -0.4 is 0 Å². The van der Waals surface area contributed by atoms with Crippen molar-refractivity contribution in [1.82, 2.24) is 4.90 Å². The number of amides is 1. The Hall–Kier alpha value is -2.18. The van der Waals surface area contributed by atoms with Crippen LogP contribution in [0.25, 0.3) is 0 Å². The molecule has 2 atom stereocenters. The Morgan fingerprint density at radius 3 is 2.86 bits per heavy atom. The first kappa shape index (κ1) is 22.1. The summed E-state index contributed by atoms with van der Waals surface area (Å²) in [6.45, 7) is 1.08. The van der Waals surface area contributed by atoms with Crippen LogP contribution in [0.1, 0.15) is 37.7 Å². The van der Waals surface area contributed by atoms with Crippen molar-refractivity contribution in [3.05, 3.63) is 48.0 Å². The fraction of sp³-hybridized carbons (Fsp3) is 0.545. The number of hydrogen-bond donors (Lipinski definition) is 1. The van der Waals surface area contributed by atoms with Gasteiger partial charge >= 0.3 is 5.97 Å². The number of benzene rings is 1.